The number of hydrogen-bond acceptors (Lipinski definition) is 3. The van der Waals surface area contributed by atoms with Crippen molar-refractivity contribution in [2.24, 2.45) is 0 Å². The predicted octanol–water partition coefficient (Wildman–Crippen LogP) is 2.84. The lowest BCUT2D eigenvalue weighted by Gasteiger charge is -2.21. The molecule has 1 aromatic carbocycles. The summed E-state index contributed by atoms with van der Waals surface area (Å²) in [7, 11) is 0. The highest BCUT2D eigenvalue weighted by Gasteiger charge is 2.22. The minimum Gasteiger partial charge on any atom is -0.346 e. The van der Waals surface area contributed by atoms with Crippen LogP contribution in [0.5, 0.6) is 0 Å². The second-order valence-corrected chi connectivity index (χ2v) is 5.33. The summed E-state index contributed by atoms with van der Waals surface area (Å²) in [5, 5.41) is 0. The van der Waals surface area contributed by atoms with E-state index in [2.05, 4.69) is 26.8 Å². The van der Waals surface area contributed by atoms with Gasteiger partial charge in [-0.3, -0.25) is 4.79 Å². The summed E-state index contributed by atoms with van der Waals surface area (Å²) in [6.07, 6.45) is 0.546. The lowest BCUT2D eigenvalue weighted by Crippen LogP contribution is -2.13. The highest BCUT2D eigenvalue weighted by Crippen LogP contribution is 2.29. The van der Waals surface area contributed by atoms with Crippen molar-refractivity contribution < 1.29 is 14.3 Å². The van der Waals surface area contributed by atoms with Crippen LogP contribution in [0.2, 0.25) is 0 Å². The quantitative estimate of drug-likeness (QED) is 0.738. The molecular weight excluding hydrogens is 216 g/mol. The van der Waals surface area contributed by atoms with Crippen LogP contribution < -0.4 is 0 Å². The summed E-state index contributed by atoms with van der Waals surface area (Å²) in [6.45, 7) is 7.59. The van der Waals surface area contributed by atoms with Crippen LogP contribution in [0, 0.1) is 0 Å². The van der Waals surface area contributed by atoms with Crippen molar-refractivity contribution in [3.05, 3.63) is 34.9 Å². The second kappa shape index (κ2) is 4.59. The molecule has 0 amide bonds. The van der Waals surface area contributed by atoms with E-state index in [4.69, 9.17) is 9.47 Å². The monoisotopic (exact) mass is 234 g/mol. The van der Waals surface area contributed by atoms with Crippen LogP contribution in [0.4, 0.5) is 0 Å². The van der Waals surface area contributed by atoms with Gasteiger partial charge in [-0.15, -0.1) is 0 Å². The normalized spacial score (nSPS) is 17.4. The van der Waals surface area contributed by atoms with Gasteiger partial charge in [0.15, 0.2) is 6.29 Å². The SMILES string of the molecule is CC(C)(C)c1cc(C=O)cc(C2OCCO2)c1. The van der Waals surface area contributed by atoms with Crippen LogP contribution >= 0.6 is 0 Å². The number of aldehydes is 1. The summed E-state index contributed by atoms with van der Waals surface area (Å²) in [4.78, 5) is 11.0. The Morgan fingerprint density at radius 3 is 2.35 bits per heavy atom. The Bertz CT molecular complexity index is 412. The zero-order chi connectivity index (χ0) is 12.5. The molecule has 0 saturated carbocycles. The summed E-state index contributed by atoms with van der Waals surface area (Å²) in [6, 6.07) is 5.81. The van der Waals surface area contributed by atoms with Crippen molar-refractivity contribution in [1.82, 2.24) is 0 Å². The van der Waals surface area contributed by atoms with E-state index in [1.807, 2.05) is 12.1 Å². The highest BCUT2D eigenvalue weighted by molar-refractivity contribution is 5.75. The van der Waals surface area contributed by atoms with Crippen LogP contribution in [0.25, 0.3) is 0 Å². The zero-order valence-corrected chi connectivity index (χ0v) is 10.5. The Morgan fingerprint density at radius 1 is 1.18 bits per heavy atom. The molecule has 0 radical (unpaired) electrons. The van der Waals surface area contributed by atoms with Crippen molar-refractivity contribution >= 4 is 6.29 Å². The number of ether oxygens (including phenoxy) is 2. The first-order valence-electron chi connectivity index (χ1n) is 5.84. The van der Waals surface area contributed by atoms with Gasteiger partial charge < -0.3 is 9.47 Å². The van der Waals surface area contributed by atoms with Crippen LogP contribution in [0.1, 0.15) is 48.5 Å². The molecule has 3 heteroatoms. The average Bonchev–Trinajstić information content (AvgIpc) is 2.80. The molecule has 17 heavy (non-hydrogen) atoms. The number of hydrogen-bond donors (Lipinski definition) is 0. The van der Waals surface area contributed by atoms with Crippen LogP contribution in [0.15, 0.2) is 18.2 Å². The van der Waals surface area contributed by atoms with Gasteiger partial charge in [0, 0.05) is 11.1 Å². The molecule has 1 aliphatic rings. The third-order valence-electron chi connectivity index (χ3n) is 2.87. The molecule has 1 heterocycles. The van der Waals surface area contributed by atoms with E-state index in [0.29, 0.717) is 18.8 Å². The molecule has 0 N–H and O–H groups in total. The van der Waals surface area contributed by atoms with Gasteiger partial charge in [-0.05, 0) is 23.1 Å². The van der Waals surface area contributed by atoms with Crippen LogP contribution in [-0.2, 0) is 14.9 Å². The van der Waals surface area contributed by atoms with E-state index in [1.54, 1.807) is 0 Å². The van der Waals surface area contributed by atoms with Gasteiger partial charge in [0.25, 0.3) is 0 Å². The van der Waals surface area contributed by atoms with Gasteiger partial charge in [0.05, 0.1) is 13.2 Å². The molecule has 1 aromatic rings. The largest absolute Gasteiger partial charge is 0.346 e. The Kier molecular flexibility index (Phi) is 3.31. The summed E-state index contributed by atoms with van der Waals surface area (Å²) < 4.78 is 10.9. The standard InChI is InChI=1S/C14H18O3/c1-14(2,3)12-7-10(9-15)6-11(8-12)13-16-4-5-17-13/h6-9,13H,4-5H2,1-3H3. The zero-order valence-electron chi connectivity index (χ0n) is 10.5. The van der Waals surface area contributed by atoms with Crippen molar-refractivity contribution in [2.75, 3.05) is 13.2 Å². The Hall–Kier alpha value is -1.19. The maximum Gasteiger partial charge on any atom is 0.184 e. The van der Waals surface area contributed by atoms with Gasteiger partial charge in [-0.1, -0.05) is 26.8 Å². The fourth-order valence-electron chi connectivity index (χ4n) is 1.86. The van der Waals surface area contributed by atoms with E-state index >= 15 is 0 Å². The first kappa shape index (κ1) is 12.3. The van der Waals surface area contributed by atoms with Gasteiger partial charge in [-0.2, -0.15) is 0 Å². The number of carbonyl (C=O) groups excluding carboxylic acids is 1. The Balaban J connectivity index is 2.41. The smallest absolute Gasteiger partial charge is 0.184 e. The fraction of sp³-hybridized carbons (Fsp3) is 0.500. The fourth-order valence-corrected chi connectivity index (χ4v) is 1.86. The third kappa shape index (κ3) is 2.73. The van der Waals surface area contributed by atoms with E-state index in [-0.39, 0.29) is 11.7 Å². The molecule has 0 unspecified atom stereocenters. The number of rotatable bonds is 2. The molecule has 2 rings (SSSR count). The molecule has 0 aromatic heterocycles. The summed E-state index contributed by atoms with van der Waals surface area (Å²) >= 11 is 0. The molecule has 0 bridgehead atoms. The molecule has 92 valence electrons. The second-order valence-electron chi connectivity index (χ2n) is 5.33. The first-order valence-corrected chi connectivity index (χ1v) is 5.84. The van der Waals surface area contributed by atoms with Crippen molar-refractivity contribution in [1.29, 1.82) is 0 Å². The third-order valence-corrected chi connectivity index (χ3v) is 2.87. The van der Waals surface area contributed by atoms with Gasteiger partial charge in [0.1, 0.15) is 6.29 Å². The average molecular weight is 234 g/mol. The van der Waals surface area contributed by atoms with Crippen molar-refractivity contribution in [2.45, 2.75) is 32.5 Å². The van der Waals surface area contributed by atoms with E-state index in [9.17, 15) is 4.79 Å². The van der Waals surface area contributed by atoms with E-state index in [1.165, 1.54) is 0 Å². The molecule has 0 atom stereocenters. The van der Waals surface area contributed by atoms with Gasteiger partial charge in [-0.25, -0.2) is 0 Å². The van der Waals surface area contributed by atoms with Crippen molar-refractivity contribution in [3.8, 4) is 0 Å². The topological polar surface area (TPSA) is 35.5 Å². The summed E-state index contributed by atoms with van der Waals surface area (Å²) in [5.74, 6) is 0. The van der Waals surface area contributed by atoms with Gasteiger partial charge >= 0.3 is 0 Å². The maximum atomic E-state index is 11.0. The minimum atomic E-state index is -0.323. The highest BCUT2D eigenvalue weighted by atomic mass is 16.7. The first-order chi connectivity index (χ1) is 8.00. The summed E-state index contributed by atoms with van der Waals surface area (Å²) in [5.41, 5.74) is 2.73. The number of benzene rings is 1. The molecule has 3 nitrogen and oxygen atoms in total. The molecule has 0 spiro atoms. The van der Waals surface area contributed by atoms with E-state index in [0.717, 1.165) is 17.4 Å². The maximum absolute atomic E-state index is 11.0. The predicted molar refractivity (Wildman–Crippen MR) is 65.2 cm³/mol. The molecule has 0 aliphatic carbocycles. The van der Waals surface area contributed by atoms with Crippen LogP contribution in [-0.4, -0.2) is 19.5 Å². The lowest BCUT2D eigenvalue weighted by molar-refractivity contribution is -0.0442. The van der Waals surface area contributed by atoms with Crippen LogP contribution in [0.3, 0.4) is 0 Å². The molecule has 1 aliphatic heterocycles. The van der Waals surface area contributed by atoms with Crippen molar-refractivity contribution in [3.63, 3.8) is 0 Å². The number of carbonyl (C=O) groups is 1. The Morgan fingerprint density at radius 2 is 1.82 bits per heavy atom. The minimum absolute atomic E-state index is 0.00632. The lowest BCUT2D eigenvalue weighted by atomic mass is 9.85. The molecular formula is C14H18O3. The van der Waals surface area contributed by atoms with Gasteiger partial charge in [0.2, 0.25) is 0 Å². The molecule has 1 fully saturated rings. The van der Waals surface area contributed by atoms with E-state index < -0.39 is 0 Å². The Labute approximate surface area is 102 Å². The molecule has 1 saturated heterocycles.